The van der Waals surface area contributed by atoms with Crippen molar-refractivity contribution in [2.24, 2.45) is 5.92 Å². The number of nitrogens with one attached hydrogen (secondary N) is 1. The lowest BCUT2D eigenvalue weighted by Crippen LogP contribution is -2.35. The third-order valence-corrected chi connectivity index (χ3v) is 6.49. The molecule has 2 atom stereocenters. The molecule has 0 unspecified atom stereocenters. The van der Waals surface area contributed by atoms with Crippen molar-refractivity contribution in [2.75, 3.05) is 44.3 Å². The van der Waals surface area contributed by atoms with Crippen LogP contribution in [-0.4, -0.2) is 50.2 Å². The smallest absolute Gasteiger partial charge is 0.251 e. The first-order chi connectivity index (χ1) is 15.1. The van der Waals surface area contributed by atoms with E-state index in [1.165, 1.54) is 24.1 Å². The van der Waals surface area contributed by atoms with Gasteiger partial charge in [-0.1, -0.05) is 31.2 Å². The van der Waals surface area contributed by atoms with Crippen LogP contribution in [0.5, 0.6) is 0 Å². The van der Waals surface area contributed by atoms with E-state index in [9.17, 15) is 4.79 Å². The molecule has 1 amide bonds. The molecule has 0 aromatic heterocycles. The standard InChI is InChI=1S/C26H35N3O2/c1-20-4-3-13-29(18-20)25-11-9-23(10-12-25)21(2)27-26(30)24-7-5-22(6-8-24)19-28-14-16-31-17-15-28/h5-12,20-21H,3-4,13-19H2,1-2H3,(H,27,30)/t20-,21+/m0/s1. The summed E-state index contributed by atoms with van der Waals surface area (Å²) in [6.45, 7) is 11.1. The van der Waals surface area contributed by atoms with Crippen molar-refractivity contribution in [3.63, 3.8) is 0 Å². The summed E-state index contributed by atoms with van der Waals surface area (Å²) in [4.78, 5) is 17.6. The monoisotopic (exact) mass is 421 g/mol. The number of rotatable bonds is 6. The van der Waals surface area contributed by atoms with Gasteiger partial charge in [0.2, 0.25) is 0 Å². The first-order valence-electron chi connectivity index (χ1n) is 11.6. The molecule has 0 spiro atoms. The number of benzene rings is 2. The predicted octanol–water partition coefficient (Wildman–Crippen LogP) is 4.25. The summed E-state index contributed by atoms with van der Waals surface area (Å²) in [5.74, 6) is 0.728. The van der Waals surface area contributed by atoms with E-state index < -0.39 is 0 Å². The minimum Gasteiger partial charge on any atom is -0.379 e. The Hall–Kier alpha value is -2.37. The molecule has 0 bridgehead atoms. The van der Waals surface area contributed by atoms with Crippen molar-refractivity contribution < 1.29 is 9.53 Å². The van der Waals surface area contributed by atoms with Gasteiger partial charge in [0.15, 0.2) is 0 Å². The zero-order valence-corrected chi connectivity index (χ0v) is 18.8. The van der Waals surface area contributed by atoms with Gasteiger partial charge >= 0.3 is 0 Å². The van der Waals surface area contributed by atoms with Crippen LogP contribution in [0.25, 0.3) is 0 Å². The molecule has 2 saturated heterocycles. The largest absolute Gasteiger partial charge is 0.379 e. The first kappa shape index (κ1) is 21.8. The van der Waals surface area contributed by atoms with E-state index in [4.69, 9.17) is 4.74 Å². The van der Waals surface area contributed by atoms with E-state index >= 15 is 0 Å². The van der Waals surface area contributed by atoms with Gasteiger partial charge in [0.1, 0.15) is 0 Å². The number of carbonyl (C=O) groups is 1. The second-order valence-corrected chi connectivity index (χ2v) is 9.07. The Morgan fingerprint density at radius 1 is 1.06 bits per heavy atom. The van der Waals surface area contributed by atoms with Crippen LogP contribution in [0.1, 0.15) is 54.2 Å². The van der Waals surface area contributed by atoms with Crippen LogP contribution in [0.2, 0.25) is 0 Å². The normalized spacial score (nSPS) is 21.0. The van der Waals surface area contributed by atoms with E-state index in [1.807, 2.05) is 19.1 Å². The minimum atomic E-state index is -0.0325. The molecule has 166 valence electrons. The highest BCUT2D eigenvalue weighted by Gasteiger charge is 2.17. The van der Waals surface area contributed by atoms with E-state index in [0.717, 1.165) is 57.4 Å². The molecule has 0 saturated carbocycles. The first-order valence-corrected chi connectivity index (χ1v) is 11.6. The fourth-order valence-electron chi connectivity index (χ4n) is 4.54. The number of amides is 1. The third-order valence-electron chi connectivity index (χ3n) is 6.49. The molecule has 31 heavy (non-hydrogen) atoms. The molecular weight excluding hydrogens is 386 g/mol. The summed E-state index contributed by atoms with van der Waals surface area (Å²) in [7, 11) is 0. The number of morpholine rings is 1. The van der Waals surface area contributed by atoms with Crippen molar-refractivity contribution in [1.29, 1.82) is 0 Å². The topological polar surface area (TPSA) is 44.8 Å². The van der Waals surface area contributed by atoms with E-state index in [2.05, 4.69) is 58.4 Å². The Morgan fingerprint density at radius 3 is 2.45 bits per heavy atom. The molecular formula is C26H35N3O2. The highest BCUT2D eigenvalue weighted by atomic mass is 16.5. The molecule has 0 radical (unpaired) electrons. The number of hydrogen-bond donors (Lipinski definition) is 1. The molecule has 2 heterocycles. The van der Waals surface area contributed by atoms with Gasteiger partial charge < -0.3 is 15.0 Å². The number of nitrogens with zero attached hydrogens (tertiary/aromatic N) is 2. The molecule has 0 aliphatic carbocycles. The van der Waals surface area contributed by atoms with Gasteiger partial charge in [-0.15, -0.1) is 0 Å². The highest BCUT2D eigenvalue weighted by Crippen LogP contribution is 2.24. The van der Waals surface area contributed by atoms with Crippen LogP contribution in [-0.2, 0) is 11.3 Å². The highest BCUT2D eigenvalue weighted by molar-refractivity contribution is 5.94. The number of anilines is 1. The lowest BCUT2D eigenvalue weighted by molar-refractivity contribution is 0.0342. The van der Waals surface area contributed by atoms with Crippen molar-refractivity contribution in [3.05, 3.63) is 65.2 Å². The fourth-order valence-corrected chi connectivity index (χ4v) is 4.54. The Labute approximate surface area is 186 Å². The number of hydrogen-bond acceptors (Lipinski definition) is 4. The average Bonchev–Trinajstić information content (AvgIpc) is 2.80. The van der Waals surface area contributed by atoms with E-state index in [0.29, 0.717) is 5.56 Å². The molecule has 2 aromatic rings. The quantitative estimate of drug-likeness (QED) is 0.758. The summed E-state index contributed by atoms with van der Waals surface area (Å²) in [5.41, 5.74) is 4.35. The Morgan fingerprint density at radius 2 is 1.77 bits per heavy atom. The van der Waals surface area contributed by atoms with Crippen LogP contribution < -0.4 is 10.2 Å². The summed E-state index contributed by atoms with van der Waals surface area (Å²) in [6.07, 6.45) is 2.59. The second kappa shape index (κ2) is 10.3. The maximum Gasteiger partial charge on any atom is 0.251 e. The van der Waals surface area contributed by atoms with Gasteiger partial charge in [0.25, 0.3) is 5.91 Å². The summed E-state index contributed by atoms with van der Waals surface area (Å²) >= 11 is 0. The van der Waals surface area contributed by atoms with Crippen LogP contribution in [0.4, 0.5) is 5.69 Å². The molecule has 2 aromatic carbocycles. The van der Waals surface area contributed by atoms with Crippen LogP contribution in [0, 0.1) is 5.92 Å². The molecule has 2 fully saturated rings. The third kappa shape index (κ3) is 5.86. The summed E-state index contributed by atoms with van der Waals surface area (Å²) in [5, 5.41) is 3.14. The van der Waals surface area contributed by atoms with E-state index in [1.54, 1.807) is 0 Å². The Kier molecular flexibility index (Phi) is 7.25. The van der Waals surface area contributed by atoms with Crippen LogP contribution in [0.15, 0.2) is 48.5 Å². The van der Waals surface area contributed by atoms with Gasteiger partial charge in [0, 0.05) is 44.0 Å². The Bertz CT molecular complexity index is 844. The molecule has 5 nitrogen and oxygen atoms in total. The van der Waals surface area contributed by atoms with Crippen molar-refractivity contribution >= 4 is 11.6 Å². The average molecular weight is 422 g/mol. The number of ether oxygens (including phenoxy) is 1. The predicted molar refractivity (Wildman–Crippen MR) is 125 cm³/mol. The second-order valence-electron chi connectivity index (χ2n) is 9.07. The SMILES string of the molecule is C[C@H]1CCCN(c2ccc([C@@H](C)NC(=O)c3ccc(CN4CCOCC4)cc3)cc2)C1. The maximum atomic E-state index is 12.7. The summed E-state index contributed by atoms with van der Waals surface area (Å²) in [6, 6.07) is 16.6. The lowest BCUT2D eigenvalue weighted by Gasteiger charge is -2.33. The van der Waals surface area contributed by atoms with Gasteiger partial charge in [-0.25, -0.2) is 0 Å². The van der Waals surface area contributed by atoms with Gasteiger partial charge in [0.05, 0.1) is 19.3 Å². The van der Waals surface area contributed by atoms with Crippen LogP contribution in [0.3, 0.4) is 0 Å². The number of carbonyl (C=O) groups excluding carboxylic acids is 1. The molecule has 5 heteroatoms. The molecule has 2 aliphatic heterocycles. The van der Waals surface area contributed by atoms with Crippen molar-refractivity contribution in [3.8, 4) is 0 Å². The molecule has 1 N–H and O–H groups in total. The fraction of sp³-hybridized carbons (Fsp3) is 0.500. The van der Waals surface area contributed by atoms with Gasteiger partial charge in [-0.05, 0) is 61.1 Å². The number of piperidine rings is 1. The van der Waals surface area contributed by atoms with Crippen LogP contribution >= 0.6 is 0 Å². The molecule has 2 aliphatic rings. The summed E-state index contributed by atoms with van der Waals surface area (Å²) < 4.78 is 5.41. The van der Waals surface area contributed by atoms with Crippen molar-refractivity contribution in [2.45, 2.75) is 39.3 Å². The molecule has 4 rings (SSSR count). The zero-order chi connectivity index (χ0) is 21.6. The van der Waals surface area contributed by atoms with Gasteiger partial charge in [-0.2, -0.15) is 0 Å². The minimum absolute atomic E-state index is 0.0284. The van der Waals surface area contributed by atoms with Gasteiger partial charge in [-0.3, -0.25) is 9.69 Å². The maximum absolute atomic E-state index is 12.7. The zero-order valence-electron chi connectivity index (χ0n) is 18.8. The Balaban J connectivity index is 1.31. The van der Waals surface area contributed by atoms with E-state index in [-0.39, 0.29) is 11.9 Å². The lowest BCUT2D eigenvalue weighted by atomic mass is 9.99. The van der Waals surface area contributed by atoms with Crippen molar-refractivity contribution in [1.82, 2.24) is 10.2 Å².